The maximum Gasteiger partial charge on any atom is 0.261 e. The van der Waals surface area contributed by atoms with Crippen molar-refractivity contribution in [3.8, 4) is 5.75 Å². The third kappa shape index (κ3) is 8.50. The Morgan fingerprint density at radius 1 is 1.06 bits per heavy atom. The molecule has 0 spiro atoms. The molecule has 2 amide bonds. The summed E-state index contributed by atoms with van der Waals surface area (Å²) in [4.78, 5) is 27.9. The number of rotatable bonds is 12. The Kier molecular flexibility index (Phi) is 10.9. The lowest BCUT2D eigenvalue weighted by Crippen LogP contribution is -2.51. The van der Waals surface area contributed by atoms with Crippen LogP contribution >= 0.6 is 15.9 Å². The van der Waals surface area contributed by atoms with E-state index < -0.39 is 6.04 Å². The lowest BCUT2D eigenvalue weighted by Gasteiger charge is -2.31. The summed E-state index contributed by atoms with van der Waals surface area (Å²) in [6, 6.07) is 15.4. The summed E-state index contributed by atoms with van der Waals surface area (Å²) in [5, 5.41) is 2.99. The van der Waals surface area contributed by atoms with Crippen LogP contribution in [-0.2, 0) is 16.0 Å². The van der Waals surface area contributed by atoms with E-state index in [0.717, 1.165) is 10.0 Å². The van der Waals surface area contributed by atoms with E-state index in [1.165, 1.54) is 5.56 Å². The van der Waals surface area contributed by atoms with Gasteiger partial charge in [0, 0.05) is 13.1 Å². The number of benzene rings is 2. The molecule has 0 aliphatic carbocycles. The van der Waals surface area contributed by atoms with Crippen LogP contribution < -0.4 is 10.1 Å². The van der Waals surface area contributed by atoms with Crippen LogP contribution in [0.2, 0.25) is 0 Å². The van der Waals surface area contributed by atoms with Gasteiger partial charge >= 0.3 is 0 Å². The zero-order valence-electron chi connectivity index (χ0n) is 20.4. The van der Waals surface area contributed by atoms with Crippen LogP contribution in [0.25, 0.3) is 0 Å². The first-order valence-corrected chi connectivity index (χ1v) is 12.6. The van der Waals surface area contributed by atoms with Gasteiger partial charge in [0.2, 0.25) is 5.91 Å². The second kappa shape index (κ2) is 13.4. The summed E-state index contributed by atoms with van der Waals surface area (Å²) < 4.78 is 6.69. The zero-order valence-corrected chi connectivity index (χ0v) is 22.0. The van der Waals surface area contributed by atoms with E-state index in [9.17, 15) is 9.59 Å². The van der Waals surface area contributed by atoms with Crippen molar-refractivity contribution in [3.05, 3.63) is 64.1 Å². The number of carbonyl (C=O) groups is 2. The highest BCUT2D eigenvalue weighted by Crippen LogP contribution is 2.29. The van der Waals surface area contributed by atoms with E-state index >= 15 is 0 Å². The average Bonchev–Trinajstić information content (AvgIpc) is 2.79. The Bertz CT molecular complexity index is 899. The smallest absolute Gasteiger partial charge is 0.261 e. The minimum atomic E-state index is -0.532. The Balaban J connectivity index is 2.14. The van der Waals surface area contributed by atoms with Gasteiger partial charge in [-0.05, 0) is 63.9 Å². The van der Waals surface area contributed by atoms with Crippen LogP contribution in [0.15, 0.2) is 53.0 Å². The molecule has 0 radical (unpaired) electrons. The van der Waals surface area contributed by atoms with Crippen LogP contribution in [0.3, 0.4) is 0 Å². The van der Waals surface area contributed by atoms with E-state index in [2.05, 4.69) is 48.9 Å². The molecule has 5 nitrogen and oxygen atoms in total. The van der Waals surface area contributed by atoms with Gasteiger partial charge in [0.1, 0.15) is 11.8 Å². The van der Waals surface area contributed by atoms with Crippen LogP contribution in [0.5, 0.6) is 5.75 Å². The lowest BCUT2D eigenvalue weighted by molar-refractivity contribution is -0.142. The molecule has 1 N–H and O–H groups in total. The summed E-state index contributed by atoms with van der Waals surface area (Å²) in [7, 11) is 0. The van der Waals surface area contributed by atoms with E-state index in [4.69, 9.17) is 4.74 Å². The molecule has 0 aliphatic heterocycles. The Hall–Kier alpha value is -2.34. The largest absolute Gasteiger partial charge is 0.483 e. The van der Waals surface area contributed by atoms with Gasteiger partial charge in [-0.25, -0.2) is 0 Å². The van der Waals surface area contributed by atoms with E-state index in [1.54, 1.807) is 4.90 Å². The molecule has 0 unspecified atom stereocenters. The second-order valence-corrected chi connectivity index (χ2v) is 9.87. The number of hydrogen-bond donors (Lipinski definition) is 1. The SMILES string of the molecule is CC[C@H](C(=O)NCC(C)C)N(CCc1ccccc1)C(=O)COc1ccc(C(C)C)cc1Br. The highest BCUT2D eigenvalue weighted by Gasteiger charge is 2.28. The summed E-state index contributed by atoms with van der Waals surface area (Å²) >= 11 is 3.55. The van der Waals surface area contributed by atoms with E-state index in [1.807, 2.05) is 55.5 Å². The van der Waals surface area contributed by atoms with Crippen molar-refractivity contribution >= 4 is 27.7 Å². The number of halogens is 1. The maximum atomic E-state index is 13.3. The number of hydrogen-bond acceptors (Lipinski definition) is 3. The molecular formula is C27H37BrN2O3. The van der Waals surface area contributed by atoms with Crippen molar-refractivity contribution in [1.82, 2.24) is 10.2 Å². The molecule has 180 valence electrons. The fourth-order valence-corrected chi connectivity index (χ4v) is 4.05. The molecule has 33 heavy (non-hydrogen) atoms. The fraction of sp³-hybridized carbons (Fsp3) is 0.481. The summed E-state index contributed by atoms with van der Waals surface area (Å²) in [6.45, 7) is 11.2. The first-order chi connectivity index (χ1) is 15.7. The molecule has 0 aromatic heterocycles. The molecule has 0 saturated carbocycles. The van der Waals surface area contributed by atoms with Crippen LogP contribution in [0.1, 0.15) is 58.1 Å². The van der Waals surface area contributed by atoms with Gasteiger partial charge in [0.05, 0.1) is 4.47 Å². The Morgan fingerprint density at radius 2 is 1.76 bits per heavy atom. The minimum absolute atomic E-state index is 0.116. The predicted molar refractivity (Wildman–Crippen MR) is 138 cm³/mol. The third-order valence-corrected chi connectivity index (χ3v) is 6.15. The van der Waals surface area contributed by atoms with Gasteiger partial charge in [0.15, 0.2) is 6.61 Å². The van der Waals surface area contributed by atoms with Gasteiger partial charge in [-0.3, -0.25) is 9.59 Å². The quantitative estimate of drug-likeness (QED) is 0.400. The van der Waals surface area contributed by atoms with Gasteiger partial charge in [-0.15, -0.1) is 0 Å². The molecule has 6 heteroatoms. The number of ether oxygens (including phenoxy) is 1. The van der Waals surface area contributed by atoms with Crippen molar-refractivity contribution < 1.29 is 14.3 Å². The lowest BCUT2D eigenvalue weighted by atomic mass is 10.0. The predicted octanol–water partition coefficient (Wildman–Crippen LogP) is 5.57. The van der Waals surface area contributed by atoms with Crippen LogP contribution in [-0.4, -0.2) is 42.5 Å². The average molecular weight is 518 g/mol. The zero-order chi connectivity index (χ0) is 24.4. The molecular weight excluding hydrogens is 480 g/mol. The maximum absolute atomic E-state index is 13.3. The molecule has 0 bridgehead atoms. The molecule has 0 fully saturated rings. The summed E-state index contributed by atoms with van der Waals surface area (Å²) in [5.74, 6) is 1.05. The van der Waals surface area contributed by atoms with Crippen molar-refractivity contribution in [1.29, 1.82) is 0 Å². The first kappa shape index (κ1) is 26.9. The number of amides is 2. The number of nitrogens with zero attached hydrogens (tertiary/aromatic N) is 1. The molecule has 0 heterocycles. The van der Waals surface area contributed by atoms with Crippen molar-refractivity contribution in [2.75, 3.05) is 19.7 Å². The molecule has 0 saturated heterocycles. The monoisotopic (exact) mass is 516 g/mol. The Morgan fingerprint density at radius 3 is 2.33 bits per heavy atom. The van der Waals surface area contributed by atoms with Gasteiger partial charge in [-0.1, -0.05) is 71.0 Å². The second-order valence-electron chi connectivity index (χ2n) is 9.02. The van der Waals surface area contributed by atoms with Crippen molar-refractivity contribution in [2.24, 2.45) is 5.92 Å². The minimum Gasteiger partial charge on any atom is -0.483 e. The molecule has 2 aromatic carbocycles. The highest BCUT2D eigenvalue weighted by molar-refractivity contribution is 9.10. The topological polar surface area (TPSA) is 58.6 Å². The van der Waals surface area contributed by atoms with Gasteiger partial charge < -0.3 is 15.0 Å². The van der Waals surface area contributed by atoms with Crippen LogP contribution in [0.4, 0.5) is 0 Å². The summed E-state index contributed by atoms with van der Waals surface area (Å²) in [6.07, 6.45) is 1.21. The number of carbonyl (C=O) groups excluding carboxylic acids is 2. The standard InChI is InChI=1S/C27H37BrN2O3/c1-6-24(27(32)29-17-19(2)3)30(15-14-21-10-8-7-9-11-21)26(31)18-33-25-13-12-22(20(4)5)16-23(25)28/h7-13,16,19-20,24H,6,14-15,17-18H2,1-5H3,(H,29,32)/t24-/m1/s1. The fourth-order valence-electron chi connectivity index (χ4n) is 3.53. The van der Waals surface area contributed by atoms with Crippen LogP contribution in [0, 0.1) is 5.92 Å². The molecule has 2 aromatic rings. The van der Waals surface area contributed by atoms with E-state index in [-0.39, 0.29) is 18.4 Å². The summed E-state index contributed by atoms with van der Waals surface area (Å²) in [5.41, 5.74) is 2.32. The number of nitrogens with one attached hydrogen (secondary N) is 1. The van der Waals surface area contributed by atoms with Gasteiger partial charge in [0.25, 0.3) is 5.91 Å². The van der Waals surface area contributed by atoms with Crippen molar-refractivity contribution in [2.45, 2.75) is 59.4 Å². The molecule has 2 rings (SSSR count). The van der Waals surface area contributed by atoms with Gasteiger partial charge in [-0.2, -0.15) is 0 Å². The molecule has 0 aliphatic rings. The van der Waals surface area contributed by atoms with E-state index in [0.29, 0.717) is 43.5 Å². The molecule has 1 atom stereocenters. The highest BCUT2D eigenvalue weighted by atomic mass is 79.9. The Labute approximate surface area is 207 Å². The normalized spacial score (nSPS) is 12.0. The third-order valence-electron chi connectivity index (χ3n) is 5.53. The van der Waals surface area contributed by atoms with Crippen molar-refractivity contribution in [3.63, 3.8) is 0 Å². The first-order valence-electron chi connectivity index (χ1n) is 11.8.